The Bertz CT molecular complexity index is 743. The minimum absolute atomic E-state index is 0.0734. The molecule has 2 aromatic carbocycles. The first-order valence-corrected chi connectivity index (χ1v) is 7.70. The number of hydrogen-bond donors (Lipinski definition) is 1. The minimum Gasteiger partial charge on any atom is -0.376 e. The summed E-state index contributed by atoms with van der Waals surface area (Å²) in [4.78, 5) is 14.0. The van der Waals surface area contributed by atoms with Crippen LogP contribution in [-0.2, 0) is 23.9 Å². The zero-order chi connectivity index (χ0) is 17.2. The van der Waals surface area contributed by atoms with Crippen molar-refractivity contribution in [2.45, 2.75) is 19.1 Å². The van der Waals surface area contributed by atoms with Crippen LogP contribution < -0.4 is 5.32 Å². The fourth-order valence-corrected chi connectivity index (χ4v) is 2.88. The summed E-state index contributed by atoms with van der Waals surface area (Å²) in [5.74, 6) is -0.207. The highest BCUT2D eigenvalue weighted by Gasteiger charge is 2.33. The monoisotopic (exact) mass is 334 g/mol. The summed E-state index contributed by atoms with van der Waals surface area (Å²) in [5.41, 5.74) is 1.47. The summed E-state index contributed by atoms with van der Waals surface area (Å²) in [6.45, 7) is 0.922. The summed E-state index contributed by atoms with van der Waals surface area (Å²) < 4.78 is 38.9. The van der Waals surface area contributed by atoms with Crippen LogP contribution in [0.4, 0.5) is 18.9 Å². The van der Waals surface area contributed by atoms with Gasteiger partial charge in [-0.05, 0) is 29.7 Å². The highest BCUT2D eigenvalue weighted by atomic mass is 19.4. The standard InChI is InChI=1S/C18H17F3N2O/c19-18(20,21)15-7-3-4-8-16(15)22-11-17(24)23-10-9-13-5-1-2-6-14(13)12-23/h1-8,22H,9-12H2. The Labute approximate surface area is 138 Å². The third-order valence-corrected chi connectivity index (χ3v) is 4.15. The second kappa shape index (κ2) is 6.55. The van der Waals surface area contributed by atoms with E-state index >= 15 is 0 Å². The number of anilines is 1. The van der Waals surface area contributed by atoms with Crippen molar-refractivity contribution in [2.24, 2.45) is 0 Å². The summed E-state index contributed by atoms with van der Waals surface area (Å²) in [7, 11) is 0. The number of carbonyl (C=O) groups excluding carboxylic acids is 1. The molecule has 0 unspecified atom stereocenters. The van der Waals surface area contributed by atoms with Crippen molar-refractivity contribution < 1.29 is 18.0 Å². The van der Waals surface area contributed by atoms with E-state index < -0.39 is 11.7 Å². The fourth-order valence-electron chi connectivity index (χ4n) is 2.88. The van der Waals surface area contributed by atoms with Gasteiger partial charge >= 0.3 is 6.18 Å². The lowest BCUT2D eigenvalue weighted by atomic mass is 10.00. The Kier molecular flexibility index (Phi) is 4.46. The molecule has 1 aliphatic rings. The molecule has 1 aliphatic heterocycles. The molecule has 3 rings (SSSR count). The zero-order valence-electron chi connectivity index (χ0n) is 12.9. The van der Waals surface area contributed by atoms with Gasteiger partial charge < -0.3 is 10.2 Å². The maximum atomic E-state index is 13.0. The molecule has 6 heteroatoms. The van der Waals surface area contributed by atoms with Crippen LogP contribution >= 0.6 is 0 Å². The Morgan fingerprint density at radius 2 is 1.71 bits per heavy atom. The summed E-state index contributed by atoms with van der Waals surface area (Å²) in [6, 6.07) is 13.1. The molecule has 2 aromatic rings. The molecular weight excluding hydrogens is 317 g/mol. The molecule has 1 N–H and O–H groups in total. The molecule has 24 heavy (non-hydrogen) atoms. The van der Waals surface area contributed by atoms with E-state index in [-0.39, 0.29) is 18.1 Å². The molecule has 0 bridgehead atoms. The molecule has 126 valence electrons. The van der Waals surface area contributed by atoms with E-state index in [1.807, 2.05) is 24.3 Å². The minimum atomic E-state index is -4.45. The van der Waals surface area contributed by atoms with E-state index in [2.05, 4.69) is 5.32 Å². The average Bonchev–Trinajstić information content (AvgIpc) is 2.58. The van der Waals surface area contributed by atoms with Gasteiger partial charge in [-0.1, -0.05) is 36.4 Å². The number of fused-ring (bicyclic) bond motifs is 1. The van der Waals surface area contributed by atoms with Crippen LogP contribution in [0.3, 0.4) is 0 Å². The molecule has 0 aromatic heterocycles. The quantitative estimate of drug-likeness (QED) is 0.928. The molecule has 0 aliphatic carbocycles. The SMILES string of the molecule is O=C(CNc1ccccc1C(F)(F)F)N1CCc2ccccc2C1. The first-order valence-electron chi connectivity index (χ1n) is 7.70. The largest absolute Gasteiger partial charge is 0.418 e. The molecule has 0 saturated heterocycles. The third kappa shape index (κ3) is 3.53. The van der Waals surface area contributed by atoms with Crippen LogP contribution in [-0.4, -0.2) is 23.9 Å². The topological polar surface area (TPSA) is 32.3 Å². The lowest BCUT2D eigenvalue weighted by molar-refractivity contribution is -0.137. The number of alkyl halides is 3. The molecule has 0 saturated carbocycles. The van der Waals surface area contributed by atoms with Crippen molar-refractivity contribution in [3.63, 3.8) is 0 Å². The second-order valence-electron chi connectivity index (χ2n) is 5.73. The highest BCUT2D eigenvalue weighted by molar-refractivity contribution is 5.81. The van der Waals surface area contributed by atoms with Crippen LogP contribution in [0.1, 0.15) is 16.7 Å². The molecule has 3 nitrogen and oxygen atoms in total. The number of nitrogens with one attached hydrogen (secondary N) is 1. The van der Waals surface area contributed by atoms with Crippen LogP contribution in [0.15, 0.2) is 48.5 Å². The fraction of sp³-hybridized carbons (Fsp3) is 0.278. The third-order valence-electron chi connectivity index (χ3n) is 4.15. The Hall–Kier alpha value is -2.50. The maximum absolute atomic E-state index is 13.0. The number of benzene rings is 2. The van der Waals surface area contributed by atoms with Crippen LogP contribution in [0.2, 0.25) is 0 Å². The predicted molar refractivity (Wildman–Crippen MR) is 85.5 cm³/mol. The smallest absolute Gasteiger partial charge is 0.376 e. The second-order valence-corrected chi connectivity index (χ2v) is 5.73. The van der Waals surface area contributed by atoms with Gasteiger partial charge in [-0.15, -0.1) is 0 Å². The highest BCUT2D eigenvalue weighted by Crippen LogP contribution is 2.34. The van der Waals surface area contributed by atoms with Crippen molar-refractivity contribution in [3.05, 3.63) is 65.2 Å². The van der Waals surface area contributed by atoms with Gasteiger partial charge in [-0.3, -0.25) is 4.79 Å². The maximum Gasteiger partial charge on any atom is 0.418 e. The Morgan fingerprint density at radius 3 is 2.46 bits per heavy atom. The number of halogens is 3. The molecule has 0 atom stereocenters. The first kappa shape index (κ1) is 16.4. The predicted octanol–water partition coefficient (Wildman–Crippen LogP) is 3.70. The van der Waals surface area contributed by atoms with E-state index in [0.717, 1.165) is 18.1 Å². The van der Waals surface area contributed by atoms with Gasteiger partial charge in [0.2, 0.25) is 5.91 Å². The molecule has 1 heterocycles. The van der Waals surface area contributed by atoms with E-state index in [9.17, 15) is 18.0 Å². The van der Waals surface area contributed by atoms with Crippen molar-refractivity contribution in [3.8, 4) is 0 Å². The van der Waals surface area contributed by atoms with Crippen molar-refractivity contribution in [1.82, 2.24) is 4.90 Å². The number of amides is 1. The molecule has 1 amide bonds. The van der Waals surface area contributed by atoms with Crippen molar-refractivity contribution in [2.75, 3.05) is 18.4 Å². The van der Waals surface area contributed by atoms with Gasteiger partial charge in [-0.25, -0.2) is 0 Å². The lowest BCUT2D eigenvalue weighted by Crippen LogP contribution is -2.39. The number of hydrogen-bond acceptors (Lipinski definition) is 2. The lowest BCUT2D eigenvalue weighted by Gasteiger charge is -2.29. The van der Waals surface area contributed by atoms with Crippen LogP contribution in [0.5, 0.6) is 0 Å². The van der Waals surface area contributed by atoms with Gasteiger partial charge in [0.25, 0.3) is 0 Å². The van der Waals surface area contributed by atoms with E-state index in [1.54, 1.807) is 4.90 Å². The van der Waals surface area contributed by atoms with Gasteiger partial charge in [0.1, 0.15) is 0 Å². The first-order chi connectivity index (χ1) is 11.4. The Morgan fingerprint density at radius 1 is 1.04 bits per heavy atom. The summed E-state index contributed by atoms with van der Waals surface area (Å²) in [6.07, 6.45) is -3.68. The number of rotatable bonds is 3. The van der Waals surface area contributed by atoms with E-state index in [4.69, 9.17) is 0 Å². The van der Waals surface area contributed by atoms with Gasteiger partial charge in [0, 0.05) is 18.8 Å². The van der Waals surface area contributed by atoms with Crippen LogP contribution in [0.25, 0.3) is 0 Å². The average molecular weight is 334 g/mol. The Balaban J connectivity index is 1.65. The van der Waals surface area contributed by atoms with E-state index in [1.165, 1.54) is 23.8 Å². The van der Waals surface area contributed by atoms with Crippen molar-refractivity contribution >= 4 is 11.6 Å². The zero-order valence-corrected chi connectivity index (χ0v) is 12.9. The van der Waals surface area contributed by atoms with Gasteiger partial charge in [0.05, 0.1) is 12.1 Å². The van der Waals surface area contributed by atoms with Crippen molar-refractivity contribution in [1.29, 1.82) is 0 Å². The summed E-state index contributed by atoms with van der Waals surface area (Å²) in [5, 5.41) is 2.63. The van der Waals surface area contributed by atoms with Gasteiger partial charge in [0.15, 0.2) is 0 Å². The van der Waals surface area contributed by atoms with Gasteiger partial charge in [-0.2, -0.15) is 13.2 Å². The molecule has 0 spiro atoms. The number of nitrogens with zero attached hydrogens (tertiary/aromatic N) is 1. The molecular formula is C18H17F3N2O. The normalized spacial score (nSPS) is 14.2. The number of para-hydroxylation sites is 1. The summed E-state index contributed by atoms with van der Waals surface area (Å²) >= 11 is 0. The van der Waals surface area contributed by atoms with E-state index in [0.29, 0.717) is 13.1 Å². The van der Waals surface area contributed by atoms with Crippen LogP contribution in [0, 0.1) is 0 Å². The number of carbonyl (C=O) groups is 1. The molecule has 0 fully saturated rings. The molecule has 0 radical (unpaired) electrons.